The summed E-state index contributed by atoms with van der Waals surface area (Å²) in [4.78, 5) is 14.7. The van der Waals surface area contributed by atoms with Gasteiger partial charge in [0, 0.05) is 6.54 Å². The van der Waals surface area contributed by atoms with Gasteiger partial charge in [-0.2, -0.15) is 0 Å². The van der Waals surface area contributed by atoms with Crippen molar-refractivity contribution in [1.29, 1.82) is 0 Å². The number of nitrogens with zero attached hydrogens (tertiary/aromatic N) is 1. The minimum atomic E-state index is -0.371. The Balaban J connectivity index is 2.21. The molecule has 1 unspecified atom stereocenters. The molecule has 0 amide bonds. The Morgan fingerprint density at radius 3 is 2.74 bits per heavy atom. The van der Waals surface area contributed by atoms with Crippen LogP contribution in [0.2, 0.25) is 0 Å². The molecule has 0 spiro atoms. The molecule has 1 atom stereocenters. The van der Waals surface area contributed by atoms with Crippen molar-refractivity contribution in [2.75, 3.05) is 26.7 Å². The second-order valence-corrected chi connectivity index (χ2v) is 5.50. The summed E-state index contributed by atoms with van der Waals surface area (Å²) in [5.41, 5.74) is 0.843. The van der Waals surface area contributed by atoms with Gasteiger partial charge in [-0.15, -0.1) is 0 Å². The average Bonchev–Trinajstić information content (AvgIpc) is 2.40. The molecule has 0 radical (unpaired) electrons. The summed E-state index contributed by atoms with van der Waals surface area (Å²) < 4.78 is 5.34. The van der Waals surface area contributed by atoms with E-state index in [1.54, 1.807) is 0 Å². The van der Waals surface area contributed by atoms with E-state index in [1.807, 2.05) is 25.1 Å². The van der Waals surface area contributed by atoms with Crippen molar-refractivity contribution in [3.8, 4) is 0 Å². The molecule has 1 aromatic carbocycles. The number of hydrogen-bond acceptors (Lipinski definition) is 3. The molecule has 19 heavy (non-hydrogen) atoms. The van der Waals surface area contributed by atoms with E-state index in [4.69, 9.17) is 4.74 Å². The van der Waals surface area contributed by atoms with Gasteiger partial charge in [-0.05, 0) is 45.3 Å². The maximum absolute atomic E-state index is 12.4. The smallest absolute Gasteiger partial charge is 0.313 e. The van der Waals surface area contributed by atoms with Crippen molar-refractivity contribution in [3.63, 3.8) is 0 Å². The topological polar surface area (TPSA) is 29.5 Å². The van der Waals surface area contributed by atoms with Crippen LogP contribution in [0, 0.1) is 5.41 Å². The summed E-state index contributed by atoms with van der Waals surface area (Å²) in [5.74, 6) is -0.0367. The molecule has 1 fully saturated rings. The lowest BCUT2D eigenvalue weighted by molar-refractivity contribution is -0.158. The summed E-state index contributed by atoms with van der Waals surface area (Å²) in [6.07, 6.45) is 2.75. The van der Waals surface area contributed by atoms with Gasteiger partial charge in [-0.3, -0.25) is 4.79 Å². The van der Waals surface area contributed by atoms with E-state index in [0.717, 1.165) is 32.4 Å². The molecule has 1 aliphatic heterocycles. The van der Waals surface area contributed by atoms with E-state index in [-0.39, 0.29) is 11.4 Å². The number of carbonyl (C=O) groups is 1. The molecule has 0 aromatic heterocycles. The summed E-state index contributed by atoms with van der Waals surface area (Å²) in [6.45, 7) is 4.19. The number of carbonyl (C=O) groups excluding carboxylic acids is 1. The van der Waals surface area contributed by atoms with Gasteiger partial charge in [0.2, 0.25) is 0 Å². The second kappa shape index (κ2) is 6.20. The van der Waals surface area contributed by atoms with Crippen LogP contribution in [0.25, 0.3) is 0 Å². The highest BCUT2D eigenvalue weighted by molar-refractivity contribution is 5.77. The first-order chi connectivity index (χ1) is 9.16. The Bertz CT molecular complexity index is 418. The van der Waals surface area contributed by atoms with E-state index >= 15 is 0 Å². The SMILES string of the molecule is CCOC(=O)C1(Cc2ccccc2)CCCN(C)C1. The van der Waals surface area contributed by atoms with E-state index < -0.39 is 0 Å². The van der Waals surface area contributed by atoms with Crippen molar-refractivity contribution < 1.29 is 9.53 Å². The largest absolute Gasteiger partial charge is 0.466 e. The Labute approximate surface area is 115 Å². The lowest BCUT2D eigenvalue weighted by Gasteiger charge is -2.39. The third-order valence-corrected chi connectivity index (χ3v) is 3.86. The van der Waals surface area contributed by atoms with Crippen molar-refractivity contribution in [3.05, 3.63) is 35.9 Å². The fraction of sp³-hybridized carbons (Fsp3) is 0.562. The Morgan fingerprint density at radius 1 is 1.37 bits per heavy atom. The van der Waals surface area contributed by atoms with Crippen LogP contribution in [0.15, 0.2) is 30.3 Å². The molecule has 3 heteroatoms. The van der Waals surface area contributed by atoms with E-state index in [1.165, 1.54) is 5.56 Å². The summed E-state index contributed by atoms with van der Waals surface area (Å²) in [6, 6.07) is 10.3. The predicted octanol–water partition coefficient (Wildman–Crippen LogP) is 2.50. The zero-order valence-corrected chi connectivity index (χ0v) is 11.9. The Morgan fingerprint density at radius 2 is 2.11 bits per heavy atom. The third-order valence-electron chi connectivity index (χ3n) is 3.86. The first kappa shape index (κ1) is 14.1. The Hall–Kier alpha value is -1.35. The number of ether oxygens (including phenoxy) is 1. The molecule has 104 valence electrons. The lowest BCUT2D eigenvalue weighted by Crippen LogP contribution is -2.48. The quantitative estimate of drug-likeness (QED) is 0.780. The van der Waals surface area contributed by atoms with Crippen LogP contribution in [-0.2, 0) is 16.0 Å². The first-order valence-electron chi connectivity index (χ1n) is 7.06. The van der Waals surface area contributed by atoms with Gasteiger partial charge in [-0.1, -0.05) is 30.3 Å². The minimum Gasteiger partial charge on any atom is -0.466 e. The van der Waals surface area contributed by atoms with Gasteiger partial charge in [-0.25, -0.2) is 0 Å². The average molecular weight is 261 g/mol. The summed E-state index contributed by atoms with van der Waals surface area (Å²) >= 11 is 0. The maximum atomic E-state index is 12.4. The molecule has 0 N–H and O–H groups in total. The zero-order valence-electron chi connectivity index (χ0n) is 11.9. The molecule has 0 bridgehead atoms. The highest BCUT2D eigenvalue weighted by atomic mass is 16.5. The molecule has 0 aliphatic carbocycles. The summed E-state index contributed by atoms with van der Waals surface area (Å²) in [7, 11) is 2.08. The molecule has 1 aliphatic rings. The van der Waals surface area contributed by atoms with Crippen molar-refractivity contribution in [2.45, 2.75) is 26.2 Å². The molecule has 1 aromatic rings. The molecule has 1 saturated heterocycles. The Kier molecular flexibility index (Phi) is 4.59. The van der Waals surface area contributed by atoms with Crippen LogP contribution in [-0.4, -0.2) is 37.6 Å². The van der Waals surface area contributed by atoms with Crippen molar-refractivity contribution in [2.24, 2.45) is 5.41 Å². The molecule has 2 rings (SSSR count). The van der Waals surface area contributed by atoms with E-state index in [9.17, 15) is 4.79 Å². The van der Waals surface area contributed by atoms with Crippen LogP contribution < -0.4 is 0 Å². The van der Waals surface area contributed by atoms with Crippen molar-refractivity contribution >= 4 is 5.97 Å². The van der Waals surface area contributed by atoms with Crippen LogP contribution >= 0.6 is 0 Å². The van der Waals surface area contributed by atoms with Gasteiger partial charge in [0.25, 0.3) is 0 Å². The number of benzene rings is 1. The normalized spacial score (nSPS) is 24.1. The fourth-order valence-corrected chi connectivity index (χ4v) is 3.02. The highest BCUT2D eigenvalue weighted by Crippen LogP contribution is 2.34. The van der Waals surface area contributed by atoms with E-state index in [0.29, 0.717) is 6.61 Å². The molecule has 3 nitrogen and oxygen atoms in total. The number of hydrogen-bond donors (Lipinski definition) is 0. The first-order valence-corrected chi connectivity index (χ1v) is 7.06. The molecule has 0 saturated carbocycles. The third kappa shape index (κ3) is 3.35. The lowest BCUT2D eigenvalue weighted by atomic mass is 9.75. The van der Waals surface area contributed by atoms with Gasteiger partial charge in [0.05, 0.1) is 12.0 Å². The number of esters is 1. The highest BCUT2D eigenvalue weighted by Gasteiger charge is 2.42. The number of rotatable bonds is 4. The van der Waals surface area contributed by atoms with Crippen LogP contribution in [0.5, 0.6) is 0 Å². The van der Waals surface area contributed by atoms with Gasteiger partial charge in [0.15, 0.2) is 0 Å². The van der Waals surface area contributed by atoms with Gasteiger partial charge in [0.1, 0.15) is 0 Å². The fourth-order valence-electron chi connectivity index (χ4n) is 3.02. The maximum Gasteiger partial charge on any atom is 0.313 e. The number of piperidine rings is 1. The van der Waals surface area contributed by atoms with Gasteiger partial charge < -0.3 is 9.64 Å². The second-order valence-electron chi connectivity index (χ2n) is 5.50. The van der Waals surface area contributed by atoms with E-state index in [2.05, 4.69) is 24.1 Å². The van der Waals surface area contributed by atoms with Crippen molar-refractivity contribution in [1.82, 2.24) is 4.90 Å². The van der Waals surface area contributed by atoms with Gasteiger partial charge >= 0.3 is 5.97 Å². The van der Waals surface area contributed by atoms with Crippen LogP contribution in [0.3, 0.4) is 0 Å². The van der Waals surface area contributed by atoms with Crippen LogP contribution in [0.1, 0.15) is 25.3 Å². The summed E-state index contributed by atoms with van der Waals surface area (Å²) in [5, 5.41) is 0. The predicted molar refractivity (Wildman–Crippen MR) is 75.9 cm³/mol. The minimum absolute atomic E-state index is 0.0367. The standard InChI is InChI=1S/C16H23NO2/c1-3-19-15(18)16(10-7-11-17(2)13-16)12-14-8-5-4-6-9-14/h4-6,8-9H,3,7,10-13H2,1-2H3. The molecular formula is C16H23NO2. The number of likely N-dealkylation sites (tertiary alicyclic amines) is 1. The molecule has 1 heterocycles. The van der Waals surface area contributed by atoms with Crippen LogP contribution in [0.4, 0.5) is 0 Å². The zero-order chi connectivity index (χ0) is 13.7. The monoisotopic (exact) mass is 261 g/mol. The molecular weight excluding hydrogens is 238 g/mol.